The summed E-state index contributed by atoms with van der Waals surface area (Å²) < 4.78 is 1.30. The first kappa shape index (κ1) is 13.9. The van der Waals surface area contributed by atoms with Crippen LogP contribution < -0.4 is 5.32 Å². The number of thiazole rings is 1. The molecule has 1 fully saturated rings. The van der Waals surface area contributed by atoms with Crippen LogP contribution in [0.25, 0.3) is 10.2 Å². The molecule has 1 aromatic heterocycles. The lowest BCUT2D eigenvalue weighted by molar-refractivity contribution is 0.319. The van der Waals surface area contributed by atoms with Gasteiger partial charge in [0, 0.05) is 11.7 Å². The Morgan fingerprint density at radius 1 is 1.25 bits per heavy atom. The number of benzene rings is 1. The van der Waals surface area contributed by atoms with E-state index in [-0.39, 0.29) is 0 Å². The molecule has 2 aromatic rings. The third kappa shape index (κ3) is 3.14. The lowest BCUT2D eigenvalue weighted by atomic mass is 9.83. The number of anilines is 1. The van der Waals surface area contributed by atoms with E-state index in [0.29, 0.717) is 6.04 Å². The fraction of sp³-hybridized carbons (Fsp3) is 0.588. The zero-order valence-electron chi connectivity index (χ0n) is 12.5. The van der Waals surface area contributed by atoms with Crippen molar-refractivity contribution >= 4 is 27.2 Å². The zero-order valence-corrected chi connectivity index (χ0v) is 13.3. The van der Waals surface area contributed by atoms with Gasteiger partial charge in [-0.15, -0.1) is 11.3 Å². The number of aromatic nitrogens is 1. The lowest BCUT2D eigenvalue weighted by Gasteiger charge is -2.29. The number of nitrogens with one attached hydrogen (secondary N) is 1. The molecule has 0 amide bonds. The van der Waals surface area contributed by atoms with Crippen LogP contribution in [0.2, 0.25) is 0 Å². The summed E-state index contributed by atoms with van der Waals surface area (Å²) in [5.41, 5.74) is 2.39. The second kappa shape index (κ2) is 6.13. The smallest absolute Gasteiger partial charge is 0.0907 e. The summed E-state index contributed by atoms with van der Waals surface area (Å²) in [6.07, 6.45) is 8.19. The van der Waals surface area contributed by atoms with Crippen molar-refractivity contribution in [3.05, 3.63) is 23.2 Å². The number of aryl methyl sites for hydroxylation is 1. The Labute approximate surface area is 125 Å². The van der Waals surface area contributed by atoms with E-state index < -0.39 is 0 Å². The molecule has 0 atom stereocenters. The van der Waals surface area contributed by atoms with Crippen LogP contribution in [0.1, 0.15) is 50.5 Å². The average Bonchev–Trinajstić information content (AvgIpc) is 2.81. The number of hydrogen-bond donors (Lipinski definition) is 1. The van der Waals surface area contributed by atoms with Crippen molar-refractivity contribution in [2.45, 2.75) is 58.4 Å². The van der Waals surface area contributed by atoms with Gasteiger partial charge in [0.1, 0.15) is 0 Å². The summed E-state index contributed by atoms with van der Waals surface area (Å²) in [7, 11) is 0. The second-order valence-electron chi connectivity index (χ2n) is 6.07. The first-order valence-electron chi connectivity index (χ1n) is 7.88. The van der Waals surface area contributed by atoms with E-state index in [0.717, 1.165) is 16.4 Å². The third-order valence-corrected chi connectivity index (χ3v) is 5.34. The number of nitrogens with zero attached hydrogens (tertiary/aromatic N) is 1. The van der Waals surface area contributed by atoms with Crippen molar-refractivity contribution in [2.24, 2.45) is 5.92 Å². The summed E-state index contributed by atoms with van der Waals surface area (Å²) in [5.74, 6) is 0.977. The number of hydrogen-bond acceptors (Lipinski definition) is 3. The predicted molar refractivity (Wildman–Crippen MR) is 88.6 cm³/mol. The molecular formula is C17H24N2S. The van der Waals surface area contributed by atoms with Crippen LogP contribution in [0.3, 0.4) is 0 Å². The average molecular weight is 288 g/mol. The van der Waals surface area contributed by atoms with Gasteiger partial charge < -0.3 is 5.32 Å². The van der Waals surface area contributed by atoms with E-state index in [1.54, 1.807) is 11.3 Å². The third-order valence-electron chi connectivity index (χ3n) is 4.41. The van der Waals surface area contributed by atoms with Gasteiger partial charge in [-0.25, -0.2) is 4.98 Å². The Morgan fingerprint density at radius 2 is 2.05 bits per heavy atom. The molecule has 1 aromatic carbocycles. The molecule has 3 heteroatoms. The summed E-state index contributed by atoms with van der Waals surface area (Å²) in [5, 5.41) is 4.87. The molecule has 1 aliphatic carbocycles. The van der Waals surface area contributed by atoms with Crippen molar-refractivity contribution in [1.29, 1.82) is 0 Å². The molecule has 1 aliphatic rings. The first-order valence-corrected chi connectivity index (χ1v) is 8.70. The molecular weight excluding hydrogens is 264 g/mol. The van der Waals surface area contributed by atoms with Gasteiger partial charge in [-0.2, -0.15) is 0 Å². The van der Waals surface area contributed by atoms with Gasteiger partial charge in [0.15, 0.2) is 0 Å². The van der Waals surface area contributed by atoms with E-state index >= 15 is 0 Å². The molecule has 3 rings (SSSR count). The topological polar surface area (TPSA) is 24.9 Å². The van der Waals surface area contributed by atoms with Crippen LogP contribution in [0, 0.1) is 12.8 Å². The summed E-state index contributed by atoms with van der Waals surface area (Å²) in [4.78, 5) is 4.52. The van der Waals surface area contributed by atoms with Crippen molar-refractivity contribution in [3.63, 3.8) is 0 Å². The summed E-state index contributed by atoms with van der Waals surface area (Å²) in [6, 6.07) is 7.25. The van der Waals surface area contributed by atoms with Gasteiger partial charge in [0.05, 0.1) is 15.2 Å². The quantitative estimate of drug-likeness (QED) is 0.817. The largest absolute Gasteiger partial charge is 0.382 e. The maximum absolute atomic E-state index is 4.52. The van der Waals surface area contributed by atoms with E-state index in [4.69, 9.17) is 0 Å². The second-order valence-corrected chi connectivity index (χ2v) is 7.30. The molecule has 20 heavy (non-hydrogen) atoms. The van der Waals surface area contributed by atoms with Gasteiger partial charge in [-0.3, -0.25) is 0 Å². The molecule has 0 aliphatic heterocycles. The van der Waals surface area contributed by atoms with Crippen molar-refractivity contribution in [3.8, 4) is 0 Å². The van der Waals surface area contributed by atoms with Crippen LogP contribution in [0.4, 0.5) is 5.69 Å². The van der Waals surface area contributed by atoms with Gasteiger partial charge >= 0.3 is 0 Å². The fourth-order valence-corrected chi connectivity index (χ4v) is 4.24. The van der Waals surface area contributed by atoms with Crippen molar-refractivity contribution in [1.82, 2.24) is 4.98 Å². The fourth-order valence-electron chi connectivity index (χ4n) is 3.37. The lowest BCUT2D eigenvalue weighted by Crippen LogP contribution is -2.26. The molecule has 0 saturated heterocycles. The van der Waals surface area contributed by atoms with E-state index in [9.17, 15) is 0 Å². The molecule has 0 radical (unpaired) electrons. The van der Waals surface area contributed by atoms with Crippen LogP contribution in [0.15, 0.2) is 18.2 Å². The van der Waals surface area contributed by atoms with Gasteiger partial charge in [-0.1, -0.05) is 19.8 Å². The molecule has 2 nitrogen and oxygen atoms in total. The molecule has 1 N–H and O–H groups in total. The Bertz CT molecular complexity index is 567. The number of fused-ring (bicyclic) bond motifs is 1. The highest BCUT2D eigenvalue weighted by Crippen LogP contribution is 2.31. The minimum absolute atomic E-state index is 0.662. The normalized spacial score (nSPS) is 23.1. The van der Waals surface area contributed by atoms with Crippen LogP contribution in [0.5, 0.6) is 0 Å². The molecule has 1 saturated carbocycles. The minimum Gasteiger partial charge on any atom is -0.382 e. The van der Waals surface area contributed by atoms with Crippen LogP contribution in [-0.2, 0) is 0 Å². The monoisotopic (exact) mass is 288 g/mol. The van der Waals surface area contributed by atoms with E-state index in [2.05, 4.69) is 42.3 Å². The first-order chi connectivity index (χ1) is 9.74. The maximum atomic E-state index is 4.52. The highest BCUT2D eigenvalue weighted by Gasteiger charge is 2.20. The SMILES string of the molecule is CCCC1CCC(Nc2ccc3nc(C)sc3c2)CC1. The summed E-state index contributed by atoms with van der Waals surface area (Å²) in [6.45, 7) is 4.38. The Hall–Kier alpha value is -1.09. The molecule has 0 spiro atoms. The molecule has 0 bridgehead atoms. The highest BCUT2D eigenvalue weighted by molar-refractivity contribution is 7.18. The molecule has 108 valence electrons. The molecule has 0 unspecified atom stereocenters. The van der Waals surface area contributed by atoms with Gasteiger partial charge in [0.25, 0.3) is 0 Å². The van der Waals surface area contributed by atoms with E-state index in [1.165, 1.54) is 48.9 Å². The van der Waals surface area contributed by atoms with Gasteiger partial charge in [-0.05, 0) is 56.7 Å². The maximum Gasteiger partial charge on any atom is 0.0907 e. The standard InChI is InChI=1S/C17H24N2S/c1-3-4-13-5-7-14(8-6-13)19-15-9-10-16-17(11-15)20-12(2)18-16/h9-11,13-14,19H,3-8H2,1-2H3. The Kier molecular flexibility index (Phi) is 4.25. The van der Waals surface area contributed by atoms with E-state index in [1.807, 2.05) is 0 Å². The van der Waals surface area contributed by atoms with Crippen molar-refractivity contribution in [2.75, 3.05) is 5.32 Å². The minimum atomic E-state index is 0.662. The number of rotatable bonds is 4. The van der Waals surface area contributed by atoms with Crippen LogP contribution in [-0.4, -0.2) is 11.0 Å². The van der Waals surface area contributed by atoms with Crippen molar-refractivity contribution < 1.29 is 0 Å². The van der Waals surface area contributed by atoms with Crippen LogP contribution >= 0.6 is 11.3 Å². The zero-order chi connectivity index (χ0) is 13.9. The highest BCUT2D eigenvalue weighted by atomic mass is 32.1. The Balaban J connectivity index is 1.62. The Morgan fingerprint density at radius 3 is 2.80 bits per heavy atom. The molecule has 1 heterocycles. The predicted octanol–water partition coefficient (Wildman–Crippen LogP) is 5.38. The van der Waals surface area contributed by atoms with Gasteiger partial charge in [0.2, 0.25) is 0 Å². The summed E-state index contributed by atoms with van der Waals surface area (Å²) >= 11 is 1.78.